The lowest BCUT2D eigenvalue weighted by Gasteiger charge is -2.15. The minimum absolute atomic E-state index is 0.0400. The number of methoxy groups -OCH3 is 2. The van der Waals surface area contributed by atoms with E-state index < -0.39 is 10.0 Å². The molecule has 1 aliphatic carbocycles. The molecule has 0 radical (unpaired) electrons. The van der Waals surface area contributed by atoms with Crippen molar-refractivity contribution < 1.29 is 22.7 Å². The quantitative estimate of drug-likeness (QED) is 0.768. The molecule has 0 saturated heterocycles. The molecule has 6 nitrogen and oxygen atoms in total. The predicted molar refractivity (Wildman–Crippen MR) is 80.9 cm³/mol. The highest BCUT2D eigenvalue weighted by molar-refractivity contribution is 9.10. The largest absolute Gasteiger partial charge is 0.493 e. The molecule has 1 aliphatic rings. The van der Waals surface area contributed by atoms with Gasteiger partial charge in [0.15, 0.2) is 11.5 Å². The third kappa shape index (κ3) is 3.88. The Bertz CT molecular complexity index is 599. The number of sulfonamides is 1. The van der Waals surface area contributed by atoms with Crippen LogP contribution in [0.5, 0.6) is 11.5 Å². The van der Waals surface area contributed by atoms with E-state index in [0.717, 1.165) is 25.7 Å². The molecule has 118 valence electrons. The van der Waals surface area contributed by atoms with Crippen LogP contribution in [-0.2, 0) is 14.9 Å². The molecule has 8 heteroatoms. The van der Waals surface area contributed by atoms with Crippen LogP contribution in [0.1, 0.15) is 25.7 Å². The molecule has 0 heterocycles. The molecule has 0 amide bonds. The molecule has 0 aliphatic heterocycles. The Balaban J connectivity index is 2.22. The second-order valence-electron chi connectivity index (χ2n) is 4.75. The van der Waals surface area contributed by atoms with E-state index in [2.05, 4.69) is 20.8 Å². The number of benzene rings is 1. The van der Waals surface area contributed by atoms with E-state index in [9.17, 15) is 8.42 Å². The summed E-state index contributed by atoms with van der Waals surface area (Å²) >= 11 is 3.23. The third-order valence-corrected chi connectivity index (χ3v) is 5.51. The Morgan fingerprint density at radius 1 is 1.14 bits per heavy atom. The van der Waals surface area contributed by atoms with Gasteiger partial charge >= 0.3 is 0 Å². The molecule has 1 aromatic rings. The van der Waals surface area contributed by atoms with Crippen molar-refractivity contribution in [2.45, 2.75) is 36.7 Å². The number of nitrogens with one attached hydrogen (secondary N) is 1. The summed E-state index contributed by atoms with van der Waals surface area (Å²) in [5.41, 5.74) is 0. The lowest BCUT2D eigenvalue weighted by Crippen LogP contribution is -2.28. The molecule has 0 unspecified atom stereocenters. The van der Waals surface area contributed by atoms with E-state index in [1.165, 1.54) is 20.3 Å². The van der Waals surface area contributed by atoms with Crippen LogP contribution in [0.4, 0.5) is 0 Å². The fourth-order valence-electron chi connectivity index (χ4n) is 2.22. The van der Waals surface area contributed by atoms with Crippen molar-refractivity contribution >= 4 is 26.0 Å². The fourth-order valence-corrected chi connectivity index (χ4v) is 4.12. The number of hydrogen-bond donors (Lipinski definition) is 1. The summed E-state index contributed by atoms with van der Waals surface area (Å²) in [7, 11) is -0.856. The topological polar surface area (TPSA) is 73.9 Å². The minimum atomic E-state index is -3.79. The predicted octanol–water partition coefficient (Wildman–Crippen LogP) is 2.62. The number of hydrogen-bond acceptors (Lipinski definition) is 5. The van der Waals surface area contributed by atoms with Gasteiger partial charge in [0.1, 0.15) is 4.90 Å². The van der Waals surface area contributed by atoms with Gasteiger partial charge in [0, 0.05) is 10.5 Å². The van der Waals surface area contributed by atoms with E-state index in [1.807, 2.05) is 0 Å². The first-order chi connectivity index (χ1) is 9.97. The van der Waals surface area contributed by atoms with Gasteiger partial charge in [-0.1, -0.05) is 17.7 Å². The first-order valence-electron chi connectivity index (χ1n) is 6.57. The Labute approximate surface area is 132 Å². The summed E-state index contributed by atoms with van der Waals surface area (Å²) in [6.07, 6.45) is 3.81. The van der Waals surface area contributed by atoms with Gasteiger partial charge in [-0.05, 0) is 34.8 Å². The standard InChI is InChI=1S/C13H18BrNO5S/c1-18-11-7-10(14)13(8-12(11)19-2)21(16,17)15-20-9-5-3-4-6-9/h7-9,15H,3-6H2,1-2H3. The van der Waals surface area contributed by atoms with Gasteiger partial charge in [-0.25, -0.2) is 8.42 Å². The fraction of sp³-hybridized carbons (Fsp3) is 0.538. The van der Waals surface area contributed by atoms with Crippen molar-refractivity contribution in [2.24, 2.45) is 0 Å². The van der Waals surface area contributed by atoms with Gasteiger partial charge in [-0.2, -0.15) is 0 Å². The van der Waals surface area contributed by atoms with Crippen LogP contribution in [0, 0.1) is 0 Å². The van der Waals surface area contributed by atoms with Gasteiger partial charge < -0.3 is 9.47 Å². The molecule has 0 bridgehead atoms. The highest BCUT2D eigenvalue weighted by atomic mass is 79.9. The van der Waals surface area contributed by atoms with Gasteiger partial charge in [0.2, 0.25) is 0 Å². The molecule has 0 atom stereocenters. The van der Waals surface area contributed by atoms with Crippen molar-refractivity contribution in [3.63, 3.8) is 0 Å². The van der Waals surface area contributed by atoms with Crippen LogP contribution >= 0.6 is 15.9 Å². The highest BCUT2D eigenvalue weighted by Gasteiger charge is 2.24. The lowest BCUT2D eigenvalue weighted by atomic mass is 10.3. The Morgan fingerprint density at radius 3 is 2.29 bits per heavy atom. The van der Waals surface area contributed by atoms with Gasteiger partial charge in [0.05, 0.1) is 20.3 Å². The maximum absolute atomic E-state index is 12.3. The molecule has 1 aromatic carbocycles. The molecule has 2 rings (SSSR count). The maximum atomic E-state index is 12.3. The zero-order valence-electron chi connectivity index (χ0n) is 11.9. The summed E-state index contributed by atoms with van der Waals surface area (Å²) in [6, 6.07) is 2.94. The Kier molecular flexibility index (Phi) is 5.48. The van der Waals surface area contributed by atoms with Crippen molar-refractivity contribution in [3.05, 3.63) is 16.6 Å². The second kappa shape index (κ2) is 6.95. The highest BCUT2D eigenvalue weighted by Crippen LogP contribution is 2.35. The SMILES string of the molecule is COc1cc(Br)c(S(=O)(=O)NOC2CCCC2)cc1OC. The van der Waals surface area contributed by atoms with E-state index >= 15 is 0 Å². The van der Waals surface area contributed by atoms with Crippen LogP contribution < -0.4 is 14.4 Å². The molecule has 1 saturated carbocycles. The van der Waals surface area contributed by atoms with Crippen LogP contribution in [0.25, 0.3) is 0 Å². The average molecular weight is 380 g/mol. The van der Waals surface area contributed by atoms with Crippen LogP contribution in [0.2, 0.25) is 0 Å². The molecule has 1 N–H and O–H groups in total. The van der Waals surface area contributed by atoms with Crippen LogP contribution in [0.3, 0.4) is 0 Å². The van der Waals surface area contributed by atoms with Crippen molar-refractivity contribution in [3.8, 4) is 11.5 Å². The van der Waals surface area contributed by atoms with E-state index in [0.29, 0.717) is 16.0 Å². The second-order valence-corrected chi connectivity index (χ2v) is 7.22. The number of halogens is 1. The van der Waals surface area contributed by atoms with E-state index in [-0.39, 0.29) is 11.0 Å². The molecule has 0 spiro atoms. The van der Waals surface area contributed by atoms with E-state index in [1.54, 1.807) is 6.07 Å². The number of rotatable bonds is 6. The first-order valence-corrected chi connectivity index (χ1v) is 8.84. The monoisotopic (exact) mass is 379 g/mol. The summed E-state index contributed by atoms with van der Waals surface area (Å²) in [4.78, 5) is 7.51. The van der Waals surface area contributed by atoms with Gasteiger partial charge in [0.25, 0.3) is 10.0 Å². The minimum Gasteiger partial charge on any atom is -0.493 e. The lowest BCUT2D eigenvalue weighted by molar-refractivity contribution is 0.0223. The zero-order chi connectivity index (χ0) is 15.5. The molecule has 0 aromatic heterocycles. The van der Waals surface area contributed by atoms with Crippen molar-refractivity contribution in [1.82, 2.24) is 4.89 Å². The van der Waals surface area contributed by atoms with Crippen LogP contribution in [0.15, 0.2) is 21.5 Å². The zero-order valence-corrected chi connectivity index (χ0v) is 14.3. The smallest absolute Gasteiger partial charge is 0.263 e. The first kappa shape index (κ1) is 16.5. The summed E-state index contributed by atoms with van der Waals surface area (Å²) < 4.78 is 35.3. The van der Waals surface area contributed by atoms with Crippen LogP contribution in [-0.4, -0.2) is 28.7 Å². The Morgan fingerprint density at radius 2 is 1.71 bits per heavy atom. The third-order valence-electron chi connectivity index (χ3n) is 3.35. The van der Waals surface area contributed by atoms with Crippen molar-refractivity contribution in [1.29, 1.82) is 0 Å². The van der Waals surface area contributed by atoms with Crippen molar-refractivity contribution in [2.75, 3.05) is 14.2 Å². The van der Waals surface area contributed by atoms with Gasteiger partial charge in [-0.3, -0.25) is 4.84 Å². The molecular weight excluding hydrogens is 362 g/mol. The average Bonchev–Trinajstić information content (AvgIpc) is 2.98. The molecule has 1 fully saturated rings. The summed E-state index contributed by atoms with van der Waals surface area (Å²) in [5.74, 6) is 0.780. The summed E-state index contributed by atoms with van der Waals surface area (Å²) in [5, 5.41) is 0. The molecular formula is C13H18BrNO5S. The Hall–Kier alpha value is -0.830. The normalized spacial score (nSPS) is 16.1. The number of ether oxygens (including phenoxy) is 2. The maximum Gasteiger partial charge on any atom is 0.263 e. The molecule has 21 heavy (non-hydrogen) atoms. The van der Waals surface area contributed by atoms with Gasteiger partial charge in [-0.15, -0.1) is 0 Å². The van der Waals surface area contributed by atoms with E-state index in [4.69, 9.17) is 14.3 Å². The summed E-state index contributed by atoms with van der Waals surface area (Å²) in [6.45, 7) is 0.